The number of benzene rings is 1. The topological polar surface area (TPSA) is 17.1 Å². The molecule has 0 aliphatic heterocycles. The zero-order valence-electron chi connectivity index (χ0n) is 8.80. The molecular weight excluding hydrogens is 287 g/mol. The fraction of sp³-hybridized carbons (Fsp3) is 0.417. The minimum absolute atomic E-state index is 0.0695. The van der Waals surface area contributed by atoms with Crippen molar-refractivity contribution in [1.29, 1.82) is 0 Å². The van der Waals surface area contributed by atoms with Gasteiger partial charge in [0.05, 0.1) is 0 Å². The number of carbonyl (C=O) groups is 1. The Morgan fingerprint density at radius 3 is 2.14 bits per heavy atom. The first-order valence-corrected chi connectivity index (χ1v) is 5.75. The van der Waals surface area contributed by atoms with Crippen molar-refractivity contribution in [1.82, 2.24) is 0 Å². The number of rotatable bonds is 2. The third kappa shape index (κ3) is 3.78. The van der Waals surface area contributed by atoms with Gasteiger partial charge in [0.25, 0.3) is 0 Å². The summed E-state index contributed by atoms with van der Waals surface area (Å²) in [6.45, 7) is 6.24. The Bertz CT molecular complexity index is 319. The average molecular weight is 302 g/mol. The quantitative estimate of drug-likeness (QED) is 0.598. The molecule has 0 amide bonds. The highest BCUT2D eigenvalue weighted by atomic mass is 127. The van der Waals surface area contributed by atoms with Crippen LogP contribution in [0.25, 0.3) is 0 Å². The molecule has 1 aromatic rings. The highest BCUT2D eigenvalue weighted by molar-refractivity contribution is 14.1. The normalized spacial score (nSPS) is 11.4. The summed E-state index contributed by atoms with van der Waals surface area (Å²) in [6, 6.07) is 7.73. The van der Waals surface area contributed by atoms with Gasteiger partial charge in [-0.05, 0) is 40.1 Å². The number of ketones is 1. The van der Waals surface area contributed by atoms with Gasteiger partial charge < -0.3 is 0 Å². The van der Waals surface area contributed by atoms with Gasteiger partial charge in [-0.1, -0.05) is 32.9 Å². The SMILES string of the molecule is CC(C)(C)CC(=O)c1ccc(I)cc1. The largest absolute Gasteiger partial charge is 0.294 e. The summed E-state index contributed by atoms with van der Waals surface area (Å²) in [5, 5.41) is 0. The standard InChI is InChI=1S/C12H15IO/c1-12(2,3)8-11(14)9-4-6-10(13)7-5-9/h4-7H,8H2,1-3H3. The number of halogens is 1. The summed E-state index contributed by atoms with van der Waals surface area (Å²) >= 11 is 2.24. The Morgan fingerprint density at radius 2 is 1.71 bits per heavy atom. The first kappa shape index (κ1) is 11.7. The van der Waals surface area contributed by atoms with Crippen molar-refractivity contribution >= 4 is 28.4 Å². The predicted octanol–water partition coefficient (Wildman–Crippen LogP) is 3.91. The maximum absolute atomic E-state index is 11.8. The molecule has 0 spiro atoms. The molecule has 0 aromatic heterocycles. The van der Waals surface area contributed by atoms with E-state index in [1.165, 1.54) is 0 Å². The zero-order valence-corrected chi connectivity index (χ0v) is 11.0. The van der Waals surface area contributed by atoms with Crippen molar-refractivity contribution in [3.63, 3.8) is 0 Å². The van der Waals surface area contributed by atoms with E-state index in [1.54, 1.807) is 0 Å². The Hall–Kier alpha value is -0.380. The smallest absolute Gasteiger partial charge is 0.163 e. The van der Waals surface area contributed by atoms with Crippen LogP contribution in [0.4, 0.5) is 0 Å². The molecule has 0 fully saturated rings. The van der Waals surface area contributed by atoms with Crippen LogP contribution in [-0.4, -0.2) is 5.78 Å². The lowest BCUT2D eigenvalue weighted by Gasteiger charge is -2.16. The highest BCUT2D eigenvalue weighted by Crippen LogP contribution is 2.21. The van der Waals surface area contributed by atoms with Gasteiger partial charge in [0.15, 0.2) is 5.78 Å². The van der Waals surface area contributed by atoms with Crippen LogP contribution in [0.1, 0.15) is 37.6 Å². The second-order valence-corrected chi connectivity index (χ2v) is 5.91. The lowest BCUT2D eigenvalue weighted by molar-refractivity contribution is 0.0940. The Labute approximate surface area is 99.0 Å². The molecule has 0 aliphatic rings. The summed E-state index contributed by atoms with van der Waals surface area (Å²) in [4.78, 5) is 11.8. The predicted molar refractivity (Wildman–Crippen MR) is 67.6 cm³/mol. The highest BCUT2D eigenvalue weighted by Gasteiger charge is 2.16. The first-order chi connectivity index (χ1) is 6.38. The molecule has 76 valence electrons. The molecule has 0 saturated carbocycles. The van der Waals surface area contributed by atoms with Gasteiger partial charge in [-0.25, -0.2) is 0 Å². The fourth-order valence-electron chi connectivity index (χ4n) is 1.22. The van der Waals surface area contributed by atoms with E-state index >= 15 is 0 Å². The molecule has 0 saturated heterocycles. The van der Waals surface area contributed by atoms with Crippen LogP contribution in [-0.2, 0) is 0 Å². The molecule has 0 heterocycles. The lowest BCUT2D eigenvalue weighted by atomic mass is 9.88. The molecule has 1 aromatic carbocycles. The summed E-state index contributed by atoms with van der Waals surface area (Å²) in [5.41, 5.74) is 0.889. The summed E-state index contributed by atoms with van der Waals surface area (Å²) in [5.74, 6) is 0.230. The molecule has 0 N–H and O–H groups in total. The van der Waals surface area contributed by atoms with Crippen molar-refractivity contribution < 1.29 is 4.79 Å². The average Bonchev–Trinajstić information content (AvgIpc) is 2.02. The van der Waals surface area contributed by atoms with Gasteiger partial charge in [0, 0.05) is 15.6 Å². The molecule has 0 unspecified atom stereocenters. The van der Waals surface area contributed by atoms with Crippen LogP contribution in [0.5, 0.6) is 0 Å². The van der Waals surface area contributed by atoms with Gasteiger partial charge in [-0.3, -0.25) is 4.79 Å². The Morgan fingerprint density at radius 1 is 1.21 bits per heavy atom. The van der Waals surface area contributed by atoms with E-state index in [2.05, 4.69) is 43.4 Å². The molecule has 0 aliphatic carbocycles. The van der Waals surface area contributed by atoms with Gasteiger partial charge in [-0.2, -0.15) is 0 Å². The fourth-order valence-corrected chi connectivity index (χ4v) is 1.58. The minimum atomic E-state index is 0.0695. The van der Waals surface area contributed by atoms with Crippen LogP contribution < -0.4 is 0 Å². The van der Waals surface area contributed by atoms with E-state index in [1.807, 2.05) is 24.3 Å². The van der Waals surface area contributed by atoms with E-state index < -0.39 is 0 Å². The van der Waals surface area contributed by atoms with Crippen molar-refractivity contribution in [2.24, 2.45) is 5.41 Å². The maximum atomic E-state index is 11.8. The molecule has 1 nitrogen and oxygen atoms in total. The van der Waals surface area contributed by atoms with Gasteiger partial charge in [0.2, 0.25) is 0 Å². The monoisotopic (exact) mass is 302 g/mol. The van der Waals surface area contributed by atoms with Gasteiger partial charge in [-0.15, -0.1) is 0 Å². The van der Waals surface area contributed by atoms with Crippen LogP contribution in [0, 0.1) is 8.99 Å². The van der Waals surface area contributed by atoms with Crippen LogP contribution >= 0.6 is 22.6 Å². The number of hydrogen-bond donors (Lipinski definition) is 0. The second-order valence-electron chi connectivity index (χ2n) is 4.67. The van der Waals surface area contributed by atoms with Gasteiger partial charge >= 0.3 is 0 Å². The third-order valence-corrected chi connectivity index (χ3v) is 2.58. The van der Waals surface area contributed by atoms with Crippen LogP contribution in [0.3, 0.4) is 0 Å². The second kappa shape index (κ2) is 4.43. The third-order valence-electron chi connectivity index (χ3n) is 1.86. The zero-order chi connectivity index (χ0) is 10.8. The van der Waals surface area contributed by atoms with E-state index in [-0.39, 0.29) is 11.2 Å². The van der Waals surface area contributed by atoms with E-state index in [0.29, 0.717) is 6.42 Å². The summed E-state index contributed by atoms with van der Waals surface area (Å²) < 4.78 is 1.16. The summed E-state index contributed by atoms with van der Waals surface area (Å²) in [7, 11) is 0. The van der Waals surface area contributed by atoms with Gasteiger partial charge in [0.1, 0.15) is 0 Å². The van der Waals surface area contributed by atoms with Crippen molar-refractivity contribution in [2.75, 3.05) is 0 Å². The minimum Gasteiger partial charge on any atom is -0.294 e. The molecule has 1 rings (SSSR count). The molecule has 0 atom stereocenters. The summed E-state index contributed by atoms with van der Waals surface area (Å²) in [6.07, 6.45) is 0.605. The van der Waals surface area contributed by atoms with E-state index in [9.17, 15) is 4.79 Å². The number of carbonyl (C=O) groups excluding carboxylic acids is 1. The molecule has 14 heavy (non-hydrogen) atoms. The number of Topliss-reactive ketones (excluding diaryl/α,β-unsaturated/α-hetero) is 1. The van der Waals surface area contributed by atoms with Crippen molar-refractivity contribution in [3.05, 3.63) is 33.4 Å². The van der Waals surface area contributed by atoms with Crippen molar-refractivity contribution in [2.45, 2.75) is 27.2 Å². The lowest BCUT2D eigenvalue weighted by Crippen LogP contribution is -2.12. The van der Waals surface area contributed by atoms with E-state index in [0.717, 1.165) is 9.13 Å². The molecule has 0 radical (unpaired) electrons. The number of hydrogen-bond acceptors (Lipinski definition) is 1. The first-order valence-electron chi connectivity index (χ1n) is 4.67. The molecule has 2 heteroatoms. The Kier molecular flexibility index (Phi) is 3.70. The molecular formula is C12H15IO. The van der Waals surface area contributed by atoms with Crippen LogP contribution in [0.15, 0.2) is 24.3 Å². The van der Waals surface area contributed by atoms with E-state index in [4.69, 9.17) is 0 Å². The molecule has 0 bridgehead atoms. The van der Waals surface area contributed by atoms with Crippen LogP contribution in [0.2, 0.25) is 0 Å². The van der Waals surface area contributed by atoms with Crippen molar-refractivity contribution in [3.8, 4) is 0 Å². The maximum Gasteiger partial charge on any atom is 0.163 e. The Balaban J connectivity index is 2.76.